The molecule has 0 atom stereocenters. The van der Waals surface area contributed by atoms with Gasteiger partial charge in [-0.05, 0) is 48.6 Å². The van der Waals surface area contributed by atoms with Gasteiger partial charge in [-0.1, -0.05) is 43.7 Å². The van der Waals surface area contributed by atoms with Crippen LogP contribution in [0.1, 0.15) is 36.1 Å². The van der Waals surface area contributed by atoms with Crippen LogP contribution in [0.5, 0.6) is 5.75 Å². The van der Waals surface area contributed by atoms with E-state index in [-0.39, 0.29) is 0 Å². The second-order valence-electron chi connectivity index (χ2n) is 5.81. The Morgan fingerprint density at radius 3 is 2.43 bits per heavy atom. The van der Waals surface area contributed by atoms with E-state index < -0.39 is 0 Å². The van der Waals surface area contributed by atoms with Crippen molar-refractivity contribution in [2.75, 3.05) is 0 Å². The maximum Gasteiger partial charge on any atom is 0.123 e. The van der Waals surface area contributed by atoms with Crippen molar-refractivity contribution in [2.45, 2.75) is 33.8 Å². The molecule has 0 amide bonds. The molecule has 0 bridgehead atoms. The summed E-state index contributed by atoms with van der Waals surface area (Å²) in [6.07, 6.45) is 1.02. The van der Waals surface area contributed by atoms with Gasteiger partial charge < -0.3 is 4.74 Å². The van der Waals surface area contributed by atoms with Gasteiger partial charge in [0.2, 0.25) is 0 Å². The molecule has 0 saturated carbocycles. The molecule has 2 nitrogen and oxygen atoms in total. The average Bonchev–Trinajstić information content (AvgIpc) is 2.46. The van der Waals surface area contributed by atoms with Crippen LogP contribution in [-0.2, 0) is 13.0 Å². The number of aryl methyl sites for hydroxylation is 1. The zero-order valence-electron chi connectivity index (χ0n) is 12.9. The normalized spacial score (nSPS) is 10.4. The third kappa shape index (κ3) is 4.36. The molecule has 0 aliphatic carbocycles. The summed E-state index contributed by atoms with van der Waals surface area (Å²) >= 11 is 0. The number of hydrogen-bond donors (Lipinski definition) is 0. The van der Waals surface area contributed by atoms with E-state index in [0.29, 0.717) is 18.1 Å². The lowest BCUT2D eigenvalue weighted by atomic mass is 10.0. The largest absolute Gasteiger partial charge is 0.489 e. The van der Waals surface area contributed by atoms with Crippen LogP contribution in [0.15, 0.2) is 42.5 Å². The van der Waals surface area contributed by atoms with Gasteiger partial charge in [-0.15, -0.1) is 0 Å². The van der Waals surface area contributed by atoms with Gasteiger partial charge in [0.1, 0.15) is 12.4 Å². The fourth-order valence-corrected chi connectivity index (χ4v) is 2.28. The maximum atomic E-state index is 8.80. The zero-order chi connectivity index (χ0) is 15.2. The summed E-state index contributed by atoms with van der Waals surface area (Å²) in [4.78, 5) is 0. The summed E-state index contributed by atoms with van der Waals surface area (Å²) in [6, 6.07) is 16.0. The van der Waals surface area contributed by atoms with E-state index in [1.54, 1.807) is 0 Å². The maximum absolute atomic E-state index is 8.80. The quantitative estimate of drug-likeness (QED) is 0.798. The molecule has 108 valence electrons. The zero-order valence-corrected chi connectivity index (χ0v) is 12.9. The number of nitriles is 1. The SMILES string of the molecule is Cc1ccc(OCc2ccc(C#N)cc2)c(CC(C)C)c1. The molecule has 2 rings (SSSR count). The summed E-state index contributed by atoms with van der Waals surface area (Å²) in [5.41, 5.74) is 4.27. The van der Waals surface area contributed by atoms with Gasteiger partial charge in [-0.25, -0.2) is 0 Å². The Kier molecular flexibility index (Phi) is 5.00. The van der Waals surface area contributed by atoms with Crippen molar-refractivity contribution in [1.29, 1.82) is 5.26 Å². The Balaban J connectivity index is 2.10. The predicted molar refractivity (Wildman–Crippen MR) is 85.2 cm³/mol. The van der Waals surface area contributed by atoms with Crippen molar-refractivity contribution in [2.24, 2.45) is 5.92 Å². The molecule has 0 unspecified atom stereocenters. The summed E-state index contributed by atoms with van der Waals surface area (Å²) in [5.74, 6) is 1.56. The van der Waals surface area contributed by atoms with Gasteiger partial charge in [-0.3, -0.25) is 0 Å². The van der Waals surface area contributed by atoms with Crippen LogP contribution in [0.3, 0.4) is 0 Å². The molecule has 0 aromatic heterocycles. The molecule has 0 spiro atoms. The van der Waals surface area contributed by atoms with E-state index >= 15 is 0 Å². The first kappa shape index (κ1) is 15.1. The molecule has 2 heteroatoms. The minimum absolute atomic E-state index is 0.528. The Bertz CT molecular complexity index is 636. The van der Waals surface area contributed by atoms with Crippen molar-refractivity contribution in [3.63, 3.8) is 0 Å². The second kappa shape index (κ2) is 6.95. The highest BCUT2D eigenvalue weighted by Gasteiger charge is 2.07. The number of hydrogen-bond acceptors (Lipinski definition) is 2. The molecule has 2 aromatic carbocycles. The lowest BCUT2D eigenvalue weighted by molar-refractivity contribution is 0.301. The molecule has 0 radical (unpaired) electrons. The number of rotatable bonds is 5. The molecule has 0 fully saturated rings. The first-order chi connectivity index (χ1) is 10.1. The average molecular weight is 279 g/mol. The van der Waals surface area contributed by atoms with Crippen LogP contribution >= 0.6 is 0 Å². The third-order valence-corrected chi connectivity index (χ3v) is 3.32. The minimum atomic E-state index is 0.528. The van der Waals surface area contributed by atoms with E-state index in [1.165, 1.54) is 11.1 Å². The van der Waals surface area contributed by atoms with Gasteiger partial charge in [0, 0.05) is 0 Å². The molecule has 0 saturated heterocycles. The number of benzene rings is 2. The van der Waals surface area contributed by atoms with E-state index in [0.717, 1.165) is 17.7 Å². The van der Waals surface area contributed by atoms with E-state index in [4.69, 9.17) is 10.00 Å². The van der Waals surface area contributed by atoms with Gasteiger partial charge >= 0.3 is 0 Å². The number of ether oxygens (including phenoxy) is 1. The highest BCUT2D eigenvalue weighted by molar-refractivity contribution is 5.38. The Hall–Kier alpha value is -2.27. The van der Waals surface area contributed by atoms with Crippen molar-refractivity contribution >= 4 is 0 Å². The highest BCUT2D eigenvalue weighted by Crippen LogP contribution is 2.24. The van der Waals surface area contributed by atoms with Crippen LogP contribution in [0.2, 0.25) is 0 Å². The lowest BCUT2D eigenvalue weighted by Gasteiger charge is -2.14. The van der Waals surface area contributed by atoms with Crippen LogP contribution in [0.25, 0.3) is 0 Å². The molecule has 0 heterocycles. The lowest BCUT2D eigenvalue weighted by Crippen LogP contribution is -2.02. The molecule has 2 aromatic rings. The van der Waals surface area contributed by atoms with E-state index in [1.807, 2.05) is 24.3 Å². The monoisotopic (exact) mass is 279 g/mol. The number of nitrogens with zero attached hydrogens (tertiary/aromatic N) is 1. The van der Waals surface area contributed by atoms with Crippen LogP contribution in [0.4, 0.5) is 0 Å². The predicted octanol–water partition coefficient (Wildman–Crippen LogP) is 4.64. The van der Waals surface area contributed by atoms with E-state index in [9.17, 15) is 0 Å². The van der Waals surface area contributed by atoms with Crippen molar-refractivity contribution in [1.82, 2.24) is 0 Å². The third-order valence-electron chi connectivity index (χ3n) is 3.32. The Morgan fingerprint density at radius 2 is 1.81 bits per heavy atom. The van der Waals surface area contributed by atoms with Crippen LogP contribution in [-0.4, -0.2) is 0 Å². The Morgan fingerprint density at radius 1 is 1.10 bits per heavy atom. The van der Waals surface area contributed by atoms with Gasteiger partial charge in [0.15, 0.2) is 0 Å². The van der Waals surface area contributed by atoms with E-state index in [2.05, 4.69) is 45.0 Å². The summed E-state index contributed by atoms with van der Waals surface area (Å²) < 4.78 is 5.97. The van der Waals surface area contributed by atoms with Crippen LogP contribution in [0, 0.1) is 24.2 Å². The second-order valence-corrected chi connectivity index (χ2v) is 5.81. The Labute approximate surface area is 127 Å². The van der Waals surface area contributed by atoms with Crippen molar-refractivity contribution < 1.29 is 4.74 Å². The summed E-state index contributed by atoms with van der Waals surface area (Å²) in [7, 11) is 0. The topological polar surface area (TPSA) is 33.0 Å². The first-order valence-corrected chi connectivity index (χ1v) is 7.30. The molecule has 0 N–H and O–H groups in total. The highest BCUT2D eigenvalue weighted by atomic mass is 16.5. The molecule has 21 heavy (non-hydrogen) atoms. The standard InChI is InChI=1S/C19H21NO/c1-14(2)10-18-11-15(3)4-9-19(18)21-13-17-7-5-16(12-20)6-8-17/h4-9,11,14H,10,13H2,1-3H3. The summed E-state index contributed by atoms with van der Waals surface area (Å²) in [5, 5.41) is 8.80. The first-order valence-electron chi connectivity index (χ1n) is 7.30. The van der Waals surface area contributed by atoms with Gasteiger partial charge in [0.25, 0.3) is 0 Å². The van der Waals surface area contributed by atoms with Crippen molar-refractivity contribution in [3.05, 3.63) is 64.7 Å². The molecular formula is C19H21NO. The van der Waals surface area contributed by atoms with Crippen LogP contribution < -0.4 is 4.74 Å². The molecular weight excluding hydrogens is 258 g/mol. The minimum Gasteiger partial charge on any atom is -0.489 e. The smallest absolute Gasteiger partial charge is 0.123 e. The fraction of sp³-hybridized carbons (Fsp3) is 0.316. The van der Waals surface area contributed by atoms with Crippen molar-refractivity contribution in [3.8, 4) is 11.8 Å². The van der Waals surface area contributed by atoms with Gasteiger partial charge in [0.05, 0.1) is 11.6 Å². The van der Waals surface area contributed by atoms with Gasteiger partial charge in [-0.2, -0.15) is 5.26 Å². The fourth-order valence-electron chi connectivity index (χ4n) is 2.28. The summed E-state index contributed by atoms with van der Waals surface area (Å²) in [6.45, 7) is 7.06. The molecule has 0 aliphatic heterocycles. The molecule has 0 aliphatic rings.